The minimum atomic E-state index is -0.0313. The van der Waals surface area contributed by atoms with Gasteiger partial charge in [0.25, 0.3) is 5.91 Å². The van der Waals surface area contributed by atoms with Gasteiger partial charge in [-0.15, -0.1) is 0 Å². The van der Waals surface area contributed by atoms with Crippen LogP contribution in [0.1, 0.15) is 21.5 Å². The second-order valence-electron chi connectivity index (χ2n) is 5.03. The number of rotatable bonds is 2. The maximum absolute atomic E-state index is 12.9. The van der Waals surface area contributed by atoms with Gasteiger partial charge < -0.3 is 0 Å². The quantitative estimate of drug-likeness (QED) is 0.669. The summed E-state index contributed by atoms with van der Waals surface area (Å²) in [6.07, 6.45) is 1.94. The number of hydrogen-bond donors (Lipinski definition) is 0. The van der Waals surface area contributed by atoms with Crippen molar-refractivity contribution in [2.24, 2.45) is 0 Å². The molecule has 0 aliphatic carbocycles. The lowest BCUT2D eigenvalue weighted by Crippen LogP contribution is -2.13. The molecule has 106 valence electrons. The van der Waals surface area contributed by atoms with Gasteiger partial charge in [0.15, 0.2) is 5.16 Å². The summed E-state index contributed by atoms with van der Waals surface area (Å²) in [5.41, 5.74) is 4.70. The van der Waals surface area contributed by atoms with Gasteiger partial charge in [-0.05, 0) is 55.5 Å². The maximum atomic E-state index is 12.9. The normalized spacial score (nSPS) is 11.0. The van der Waals surface area contributed by atoms with E-state index in [1.807, 2.05) is 62.6 Å². The Hall–Kier alpha value is -2.07. The summed E-state index contributed by atoms with van der Waals surface area (Å²) < 4.78 is 1.70. The van der Waals surface area contributed by atoms with Crippen molar-refractivity contribution in [1.29, 1.82) is 0 Å². The first-order chi connectivity index (χ1) is 10.1. The van der Waals surface area contributed by atoms with E-state index in [0.717, 1.165) is 21.8 Å². The first-order valence-corrected chi connectivity index (χ1v) is 7.97. The number of aryl methyl sites for hydroxylation is 2. The van der Waals surface area contributed by atoms with Crippen LogP contribution in [-0.4, -0.2) is 21.7 Å². The van der Waals surface area contributed by atoms with Gasteiger partial charge in [-0.1, -0.05) is 30.0 Å². The van der Waals surface area contributed by atoms with Crippen molar-refractivity contribution in [1.82, 2.24) is 9.55 Å². The molecule has 0 atom stereocenters. The van der Waals surface area contributed by atoms with Crippen LogP contribution in [0.2, 0.25) is 0 Å². The third-order valence-corrected chi connectivity index (χ3v) is 4.31. The van der Waals surface area contributed by atoms with Crippen molar-refractivity contribution in [3.63, 3.8) is 0 Å². The highest BCUT2D eigenvalue weighted by atomic mass is 32.2. The van der Waals surface area contributed by atoms with E-state index in [9.17, 15) is 4.79 Å². The summed E-state index contributed by atoms with van der Waals surface area (Å²) in [6.45, 7) is 4.07. The summed E-state index contributed by atoms with van der Waals surface area (Å²) in [5, 5.41) is 0.722. The molecule has 0 fully saturated rings. The van der Waals surface area contributed by atoms with Crippen LogP contribution in [0.15, 0.2) is 47.6 Å². The molecular weight excluding hydrogens is 280 g/mol. The summed E-state index contributed by atoms with van der Waals surface area (Å²) in [5.74, 6) is -0.0313. The van der Waals surface area contributed by atoms with Gasteiger partial charge in [0.05, 0.1) is 11.0 Å². The second kappa shape index (κ2) is 5.37. The van der Waals surface area contributed by atoms with Gasteiger partial charge >= 0.3 is 0 Å². The van der Waals surface area contributed by atoms with E-state index in [4.69, 9.17) is 0 Å². The van der Waals surface area contributed by atoms with Crippen molar-refractivity contribution in [2.45, 2.75) is 19.0 Å². The molecule has 0 radical (unpaired) electrons. The highest BCUT2D eigenvalue weighted by Gasteiger charge is 2.17. The average Bonchev–Trinajstić information content (AvgIpc) is 2.87. The number of fused-ring (bicyclic) bond motifs is 1. The molecule has 1 aromatic heterocycles. The van der Waals surface area contributed by atoms with Crippen LogP contribution in [0.25, 0.3) is 11.0 Å². The average molecular weight is 296 g/mol. The van der Waals surface area contributed by atoms with Crippen molar-refractivity contribution in [3.05, 3.63) is 59.2 Å². The molecule has 1 heterocycles. The van der Waals surface area contributed by atoms with Gasteiger partial charge in [-0.3, -0.25) is 9.36 Å². The highest BCUT2D eigenvalue weighted by Crippen LogP contribution is 2.24. The van der Waals surface area contributed by atoms with Crippen molar-refractivity contribution < 1.29 is 4.79 Å². The van der Waals surface area contributed by atoms with Crippen LogP contribution in [-0.2, 0) is 0 Å². The van der Waals surface area contributed by atoms with Crippen LogP contribution in [0.5, 0.6) is 0 Å². The van der Waals surface area contributed by atoms with Crippen molar-refractivity contribution in [3.8, 4) is 0 Å². The summed E-state index contributed by atoms with van der Waals surface area (Å²) >= 11 is 1.48. The van der Waals surface area contributed by atoms with Crippen LogP contribution < -0.4 is 0 Å². The second-order valence-corrected chi connectivity index (χ2v) is 5.80. The molecule has 4 heteroatoms. The highest BCUT2D eigenvalue weighted by molar-refractivity contribution is 7.98. The third kappa shape index (κ3) is 2.36. The number of nitrogens with zero attached hydrogens (tertiary/aromatic N) is 2. The topological polar surface area (TPSA) is 34.9 Å². The molecule has 21 heavy (non-hydrogen) atoms. The number of imidazole rings is 1. The van der Waals surface area contributed by atoms with Gasteiger partial charge in [0.2, 0.25) is 0 Å². The molecule has 0 saturated heterocycles. The molecule has 3 aromatic rings. The van der Waals surface area contributed by atoms with Crippen LogP contribution in [0, 0.1) is 13.8 Å². The van der Waals surface area contributed by atoms with Crippen molar-refractivity contribution in [2.75, 3.05) is 6.26 Å². The number of carbonyl (C=O) groups is 1. The zero-order chi connectivity index (χ0) is 15.0. The van der Waals surface area contributed by atoms with E-state index < -0.39 is 0 Å². The zero-order valence-electron chi connectivity index (χ0n) is 12.3. The Morgan fingerprint density at radius 3 is 2.57 bits per heavy atom. The van der Waals surface area contributed by atoms with E-state index in [0.29, 0.717) is 5.56 Å². The lowest BCUT2D eigenvalue weighted by atomic mass is 10.1. The minimum absolute atomic E-state index is 0.0313. The van der Waals surface area contributed by atoms with Gasteiger partial charge in [-0.25, -0.2) is 4.98 Å². The molecule has 3 rings (SSSR count). The molecule has 0 bridgehead atoms. The fourth-order valence-electron chi connectivity index (χ4n) is 2.34. The van der Waals surface area contributed by atoms with Gasteiger partial charge in [0, 0.05) is 5.56 Å². The van der Waals surface area contributed by atoms with E-state index >= 15 is 0 Å². The first-order valence-electron chi connectivity index (χ1n) is 6.75. The van der Waals surface area contributed by atoms with E-state index in [-0.39, 0.29) is 5.91 Å². The number of carbonyl (C=O) groups excluding carboxylic acids is 1. The summed E-state index contributed by atoms with van der Waals surface area (Å²) in [7, 11) is 0. The maximum Gasteiger partial charge on any atom is 0.264 e. The first kappa shape index (κ1) is 13.9. The number of benzene rings is 2. The standard InChI is InChI=1S/C17H16N2OS/c1-11-8-9-13(10-12(11)2)16(20)19-15-7-5-4-6-14(15)18-17(19)21-3/h4-10H,1-3H3. The summed E-state index contributed by atoms with van der Waals surface area (Å²) in [6, 6.07) is 13.5. The van der Waals surface area contributed by atoms with Crippen LogP contribution in [0.4, 0.5) is 0 Å². The molecule has 0 spiro atoms. The Morgan fingerprint density at radius 2 is 1.86 bits per heavy atom. The fraction of sp³-hybridized carbons (Fsp3) is 0.176. The van der Waals surface area contributed by atoms with Crippen LogP contribution in [0.3, 0.4) is 0 Å². The lowest BCUT2D eigenvalue weighted by molar-refractivity contribution is 0.0955. The number of para-hydroxylation sites is 2. The Labute approximate surface area is 128 Å². The molecular formula is C17H16N2OS. The minimum Gasteiger partial charge on any atom is -0.268 e. The molecule has 2 aromatic carbocycles. The van der Waals surface area contributed by atoms with E-state index in [1.165, 1.54) is 17.3 Å². The number of thioether (sulfide) groups is 1. The predicted octanol–water partition coefficient (Wildman–Crippen LogP) is 4.06. The molecule has 0 amide bonds. The monoisotopic (exact) mass is 296 g/mol. The van der Waals surface area contributed by atoms with Gasteiger partial charge in [-0.2, -0.15) is 0 Å². The summed E-state index contributed by atoms with van der Waals surface area (Å²) in [4.78, 5) is 17.4. The largest absolute Gasteiger partial charge is 0.268 e. The molecule has 0 saturated carbocycles. The Balaban J connectivity index is 2.18. The Kier molecular flexibility index (Phi) is 3.55. The predicted molar refractivity (Wildman–Crippen MR) is 87.2 cm³/mol. The smallest absolute Gasteiger partial charge is 0.264 e. The molecule has 0 aliphatic rings. The van der Waals surface area contributed by atoms with Crippen LogP contribution >= 0.6 is 11.8 Å². The SMILES string of the molecule is CSc1nc2ccccc2n1C(=O)c1ccc(C)c(C)c1. The molecule has 3 nitrogen and oxygen atoms in total. The molecule has 0 N–H and O–H groups in total. The third-order valence-electron chi connectivity index (χ3n) is 3.67. The number of aromatic nitrogens is 2. The number of hydrogen-bond acceptors (Lipinski definition) is 3. The lowest BCUT2D eigenvalue weighted by Gasteiger charge is -2.08. The Morgan fingerprint density at radius 1 is 1.10 bits per heavy atom. The van der Waals surface area contributed by atoms with E-state index in [1.54, 1.807) is 4.57 Å². The Bertz CT molecular complexity index is 836. The van der Waals surface area contributed by atoms with E-state index in [2.05, 4.69) is 4.98 Å². The zero-order valence-corrected chi connectivity index (χ0v) is 13.1. The molecule has 0 aliphatic heterocycles. The van der Waals surface area contributed by atoms with Gasteiger partial charge in [0.1, 0.15) is 0 Å². The fourth-order valence-corrected chi connectivity index (χ4v) is 2.89. The molecule has 0 unspecified atom stereocenters. The van der Waals surface area contributed by atoms with Crippen molar-refractivity contribution >= 4 is 28.7 Å².